The lowest BCUT2D eigenvalue weighted by atomic mass is 10.3. The number of carboxylic acids is 1. The number of hydrogen-bond donors (Lipinski definition) is 1. The fraction of sp³-hybridized carbons (Fsp3) is 0.250. The van der Waals surface area contributed by atoms with E-state index in [4.69, 9.17) is 9.52 Å². The second kappa shape index (κ2) is 6.17. The van der Waals surface area contributed by atoms with Gasteiger partial charge >= 0.3 is 5.97 Å². The van der Waals surface area contributed by atoms with Gasteiger partial charge in [0.2, 0.25) is 0 Å². The SMILES string of the molecule is O=C(O)c1cnc(N2CCN(C(=O)c3cc4occc4s3)CC2)cn1. The van der Waals surface area contributed by atoms with E-state index in [2.05, 4.69) is 9.97 Å². The molecule has 4 heterocycles. The van der Waals surface area contributed by atoms with Gasteiger partial charge in [-0.15, -0.1) is 11.3 Å². The van der Waals surface area contributed by atoms with Crippen molar-refractivity contribution in [3.63, 3.8) is 0 Å². The molecule has 3 aromatic heterocycles. The summed E-state index contributed by atoms with van der Waals surface area (Å²) in [4.78, 5) is 35.9. The van der Waals surface area contributed by atoms with E-state index in [1.807, 2.05) is 11.0 Å². The van der Waals surface area contributed by atoms with Crippen LogP contribution in [0.15, 0.2) is 35.2 Å². The van der Waals surface area contributed by atoms with Crippen LogP contribution in [0.5, 0.6) is 0 Å². The van der Waals surface area contributed by atoms with Crippen LogP contribution in [0.2, 0.25) is 0 Å². The number of aromatic carboxylic acids is 1. The normalized spacial score (nSPS) is 14.9. The van der Waals surface area contributed by atoms with E-state index < -0.39 is 5.97 Å². The summed E-state index contributed by atoms with van der Waals surface area (Å²) in [5.74, 6) is -0.481. The molecule has 0 spiro atoms. The van der Waals surface area contributed by atoms with Gasteiger partial charge < -0.3 is 19.3 Å². The molecule has 0 aliphatic carbocycles. The highest BCUT2D eigenvalue weighted by Gasteiger charge is 2.24. The number of nitrogens with zero attached hydrogens (tertiary/aromatic N) is 4. The number of fused-ring (bicyclic) bond motifs is 1. The van der Waals surface area contributed by atoms with Crippen molar-refractivity contribution in [1.82, 2.24) is 14.9 Å². The van der Waals surface area contributed by atoms with E-state index in [0.29, 0.717) is 36.9 Å². The third kappa shape index (κ3) is 2.93. The number of rotatable bonds is 3. The van der Waals surface area contributed by atoms with Crippen LogP contribution in [0.25, 0.3) is 10.3 Å². The van der Waals surface area contributed by atoms with Crippen LogP contribution in [-0.2, 0) is 0 Å². The van der Waals surface area contributed by atoms with Crippen LogP contribution in [0.3, 0.4) is 0 Å². The van der Waals surface area contributed by atoms with Gasteiger partial charge in [-0.25, -0.2) is 14.8 Å². The van der Waals surface area contributed by atoms with E-state index in [-0.39, 0.29) is 11.6 Å². The number of piperazine rings is 1. The molecule has 3 aromatic rings. The summed E-state index contributed by atoms with van der Waals surface area (Å²) in [6.45, 7) is 2.38. The number of hydrogen-bond acceptors (Lipinski definition) is 7. The Bertz CT molecular complexity index is 897. The predicted molar refractivity (Wildman–Crippen MR) is 91.2 cm³/mol. The molecule has 0 bridgehead atoms. The third-order valence-electron chi connectivity index (χ3n) is 4.10. The first-order chi connectivity index (χ1) is 12.1. The first kappa shape index (κ1) is 15.6. The molecule has 1 fully saturated rings. The van der Waals surface area contributed by atoms with Gasteiger partial charge in [-0.05, 0) is 6.07 Å². The highest BCUT2D eigenvalue weighted by atomic mass is 32.1. The molecule has 4 rings (SSSR count). The number of carbonyl (C=O) groups is 2. The van der Waals surface area contributed by atoms with Gasteiger partial charge in [0.05, 0.1) is 28.2 Å². The van der Waals surface area contributed by atoms with E-state index in [1.54, 1.807) is 17.2 Å². The van der Waals surface area contributed by atoms with Crippen molar-refractivity contribution in [2.75, 3.05) is 31.1 Å². The Morgan fingerprint density at radius 2 is 1.96 bits per heavy atom. The summed E-state index contributed by atoms with van der Waals surface area (Å²) in [6.07, 6.45) is 4.31. The fourth-order valence-corrected chi connectivity index (χ4v) is 3.71. The Morgan fingerprint density at radius 3 is 2.60 bits per heavy atom. The van der Waals surface area contributed by atoms with Crippen molar-refractivity contribution < 1.29 is 19.1 Å². The summed E-state index contributed by atoms with van der Waals surface area (Å²) in [5.41, 5.74) is 0.653. The number of aromatic nitrogens is 2. The number of carboxylic acid groups (broad SMARTS) is 1. The summed E-state index contributed by atoms with van der Waals surface area (Å²) in [5, 5.41) is 8.86. The zero-order valence-corrected chi connectivity index (χ0v) is 13.9. The van der Waals surface area contributed by atoms with Gasteiger partial charge in [0.1, 0.15) is 11.4 Å². The molecule has 1 amide bonds. The summed E-state index contributed by atoms with van der Waals surface area (Å²) in [7, 11) is 0. The van der Waals surface area contributed by atoms with Gasteiger partial charge in [-0.2, -0.15) is 0 Å². The standard InChI is InChI=1S/C16H14N4O4S/c21-15(13-7-11-12(25-13)1-6-24-11)20-4-2-19(3-5-20)14-9-17-10(8-18-14)16(22)23/h1,6-9H,2-5H2,(H,22,23). The zero-order valence-electron chi connectivity index (χ0n) is 13.1. The summed E-state index contributed by atoms with van der Waals surface area (Å²) < 4.78 is 6.28. The Labute approximate surface area is 146 Å². The van der Waals surface area contributed by atoms with Crippen LogP contribution in [-0.4, -0.2) is 58.0 Å². The Kier molecular flexibility index (Phi) is 3.85. The molecule has 0 unspecified atom stereocenters. The maximum atomic E-state index is 12.6. The molecule has 0 radical (unpaired) electrons. The summed E-state index contributed by atoms with van der Waals surface area (Å²) >= 11 is 1.43. The van der Waals surface area contributed by atoms with E-state index in [1.165, 1.54) is 23.7 Å². The largest absolute Gasteiger partial charge is 0.476 e. The second-order valence-corrected chi connectivity index (χ2v) is 6.69. The first-order valence-electron chi connectivity index (χ1n) is 7.68. The minimum Gasteiger partial charge on any atom is -0.476 e. The molecule has 1 N–H and O–H groups in total. The minimum atomic E-state index is -1.10. The van der Waals surface area contributed by atoms with Crippen molar-refractivity contribution in [3.8, 4) is 0 Å². The van der Waals surface area contributed by atoms with Gasteiger partial charge in [0.15, 0.2) is 5.69 Å². The average molecular weight is 358 g/mol. The van der Waals surface area contributed by atoms with Crippen LogP contribution in [0.4, 0.5) is 5.82 Å². The van der Waals surface area contributed by atoms with Gasteiger partial charge in [-0.3, -0.25) is 4.79 Å². The molecule has 1 aliphatic rings. The predicted octanol–water partition coefficient (Wildman–Crippen LogP) is 1.94. The van der Waals surface area contributed by atoms with Crippen LogP contribution < -0.4 is 4.90 Å². The Balaban J connectivity index is 1.41. The Hall–Kier alpha value is -2.94. The topological polar surface area (TPSA) is 99.8 Å². The second-order valence-electron chi connectivity index (χ2n) is 5.60. The van der Waals surface area contributed by atoms with Gasteiger partial charge in [0.25, 0.3) is 5.91 Å². The molecular weight excluding hydrogens is 344 g/mol. The molecule has 1 saturated heterocycles. The van der Waals surface area contributed by atoms with Crippen molar-refractivity contribution in [3.05, 3.63) is 41.4 Å². The van der Waals surface area contributed by atoms with E-state index >= 15 is 0 Å². The third-order valence-corrected chi connectivity index (χ3v) is 5.17. The number of carbonyl (C=O) groups excluding carboxylic acids is 1. The Morgan fingerprint density at radius 1 is 1.16 bits per heavy atom. The van der Waals surface area contributed by atoms with E-state index in [0.717, 1.165) is 10.3 Å². The van der Waals surface area contributed by atoms with Crippen LogP contribution >= 0.6 is 11.3 Å². The number of amides is 1. The van der Waals surface area contributed by atoms with Gasteiger partial charge in [0, 0.05) is 32.2 Å². The smallest absolute Gasteiger partial charge is 0.356 e. The highest BCUT2D eigenvalue weighted by molar-refractivity contribution is 7.20. The zero-order chi connectivity index (χ0) is 17.4. The van der Waals surface area contributed by atoms with Crippen LogP contribution in [0.1, 0.15) is 20.2 Å². The molecule has 25 heavy (non-hydrogen) atoms. The van der Waals surface area contributed by atoms with Crippen LogP contribution in [0, 0.1) is 0 Å². The fourth-order valence-electron chi connectivity index (χ4n) is 2.76. The lowest BCUT2D eigenvalue weighted by molar-refractivity contribution is 0.0688. The molecule has 1 aliphatic heterocycles. The van der Waals surface area contributed by atoms with Crippen molar-refractivity contribution in [2.45, 2.75) is 0 Å². The minimum absolute atomic E-state index is 0.00311. The first-order valence-corrected chi connectivity index (χ1v) is 8.50. The maximum Gasteiger partial charge on any atom is 0.356 e. The van der Waals surface area contributed by atoms with Crippen molar-refractivity contribution in [2.24, 2.45) is 0 Å². The molecule has 128 valence electrons. The van der Waals surface area contributed by atoms with E-state index in [9.17, 15) is 9.59 Å². The molecule has 0 saturated carbocycles. The quantitative estimate of drug-likeness (QED) is 0.764. The average Bonchev–Trinajstić information content (AvgIpc) is 3.23. The maximum absolute atomic E-state index is 12.6. The lowest BCUT2D eigenvalue weighted by Crippen LogP contribution is -2.49. The highest BCUT2D eigenvalue weighted by Crippen LogP contribution is 2.27. The van der Waals surface area contributed by atoms with Crippen molar-refractivity contribution in [1.29, 1.82) is 0 Å². The molecule has 8 nitrogen and oxygen atoms in total. The van der Waals surface area contributed by atoms with Gasteiger partial charge in [-0.1, -0.05) is 0 Å². The lowest BCUT2D eigenvalue weighted by Gasteiger charge is -2.35. The molecular formula is C16H14N4O4S. The summed E-state index contributed by atoms with van der Waals surface area (Å²) in [6, 6.07) is 3.64. The molecule has 9 heteroatoms. The molecule has 0 aromatic carbocycles. The monoisotopic (exact) mass is 358 g/mol. The number of thiophene rings is 1. The molecule has 0 atom stereocenters. The van der Waals surface area contributed by atoms with Crippen molar-refractivity contribution >= 4 is 39.3 Å². The number of furan rings is 1. The number of anilines is 1.